The number of benzene rings is 1. The maximum absolute atomic E-state index is 14.1. The van der Waals surface area contributed by atoms with Crippen LogP contribution in [0.15, 0.2) is 24.4 Å². The van der Waals surface area contributed by atoms with Gasteiger partial charge in [-0.3, -0.25) is 9.59 Å². The summed E-state index contributed by atoms with van der Waals surface area (Å²) in [5, 5.41) is 0. The fourth-order valence-electron chi connectivity index (χ4n) is 5.04. The van der Waals surface area contributed by atoms with Gasteiger partial charge in [-0.05, 0) is 52.0 Å². The van der Waals surface area contributed by atoms with E-state index >= 15 is 0 Å². The van der Waals surface area contributed by atoms with E-state index in [2.05, 4.69) is 42.0 Å². The zero-order valence-corrected chi connectivity index (χ0v) is 18.5. The van der Waals surface area contributed by atoms with E-state index in [0.717, 1.165) is 29.5 Å². The number of nitrogens with two attached hydrogens (primary N) is 1. The van der Waals surface area contributed by atoms with Gasteiger partial charge in [-0.1, -0.05) is 29.3 Å². The number of aromatic nitrogens is 2. The fraction of sp³-hybridized carbons (Fsp3) is 0.500. The van der Waals surface area contributed by atoms with Crippen molar-refractivity contribution >= 4 is 11.8 Å². The quantitative estimate of drug-likeness (QED) is 0.817. The molecule has 0 bridgehead atoms. The first-order valence-electron chi connectivity index (χ1n) is 10.9. The van der Waals surface area contributed by atoms with Gasteiger partial charge in [-0.25, -0.2) is 9.97 Å². The number of rotatable bonds is 4. The van der Waals surface area contributed by atoms with Crippen molar-refractivity contribution in [2.45, 2.75) is 57.9 Å². The molecule has 2 aliphatic rings. The van der Waals surface area contributed by atoms with Gasteiger partial charge in [0.05, 0.1) is 22.7 Å². The number of carbonyl (C=O) groups excluding carboxylic acids is 2. The van der Waals surface area contributed by atoms with E-state index < -0.39 is 11.3 Å². The molecular weight excluding hydrogens is 392 g/mol. The second-order valence-corrected chi connectivity index (χ2v) is 8.82. The monoisotopic (exact) mass is 422 g/mol. The van der Waals surface area contributed by atoms with Crippen LogP contribution in [0.2, 0.25) is 0 Å². The molecule has 2 saturated heterocycles. The number of primary amides is 1. The van der Waals surface area contributed by atoms with Crippen LogP contribution in [-0.4, -0.2) is 46.4 Å². The summed E-state index contributed by atoms with van der Waals surface area (Å²) in [4.78, 5) is 36.6. The average molecular weight is 423 g/mol. The van der Waals surface area contributed by atoms with Gasteiger partial charge in [0.2, 0.25) is 5.91 Å². The highest BCUT2D eigenvalue weighted by atomic mass is 16.5. The Morgan fingerprint density at radius 2 is 1.81 bits per heavy atom. The topological polar surface area (TPSA) is 98.4 Å². The molecule has 164 valence electrons. The Bertz CT molecular complexity index is 994. The Labute approximate surface area is 183 Å². The highest BCUT2D eigenvalue weighted by Gasteiger charge is 2.47. The molecule has 4 rings (SSSR count). The fourth-order valence-corrected chi connectivity index (χ4v) is 5.04. The second-order valence-electron chi connectivity index (χ2n) is 8.82. The third kappa shape index (κ3) is 3.94. The Kier molecular flexibility index (Phi) is 5.79. The van der Waals surface area contributed by atoms with Crippen molar-refractivity contribution in [1.82, 2.24) is 14.9 Å². The van der Waals surface area contributed by atoms with Crippen molar-refractivity contribution in [3.8, 4) is 0 Å². The minimum atomic E-state index is -0.597. The molecule has 2 fully saturated rings. The second kappa shape index (κ2) is 8.38. The van der Waals surface area contributed by atoms with Crippen LogP contribution in [0, 0.1) is 20.8 Å². The number of hydrogen-bond donors (Lipinski definition) is 1. The van der Waals surface area contributed by atoms with Gasteiger partial charge in [-0.15, -0.1) is 0 Å². The molecule has 2 N–H and O–H groups in total. The predicted molar refractivity (Wildman–Crippen MR) is 117 cm³/mol. The van der Waals surface area contributed by atoms with Gasteiger partial charge in [0.1, 0.15) is 0 Å². The van der Waals surface area contributed by atoms with Crippen molar-refractivity contribution in [3.05, 3.63) is 58.2 Å². The summed E-state index contributed by atoms with van der Waals surface area (Å²) < 4.78 is 5.64. The third-order valence-electron chi connectivity index (χ3n) is 6.61. The van der Waals surface area contributed by atoms with Gasteiger partial charge in [0.15, 0.2) is 5.82 Å². The molecule has 0 radical (unpaired) electrons. The summed E-state index contributed by atoms with van der Waals surface area (Å²) in [5.41, 5.74) is 9.06. The normalized spacial score (nSPS) is 20.6. The molecular formula is C24H30N4O3. The Morgan fingerprint density at radius 1 is 1.13 bits per heavy atom. The lowest BCUT2D eigenvalue weighted by atomic mass is 9.72. The van der Waals surface area contributed by atoms with Crippen LogP contribution in [0.5, 0.6) is 0 Å². The smallest absolute Gasteiger partial charge is 0.252 e. The number of carbonyl (C=O) groups is 2. The molecule has 1 aromatic carbocycles. The molecule has 7 nitrogen and oxygen atoms in total. The van der Waals surface area contributed by atoms with Crippen LogP contribution in [0.25, 0.3) is 0 Å². The molecule has 2 aliphatic heterocycles. The molecule has 0 spiro atoms. The van der Waals surface area contributed by atoms with Gasteiger partial charge < -0.3 is 15.4 Å². The molecule has 1 unspecified atom stereocenters. The van der Waals surface area contributed by atoms with Crippen LogP contribution in [0.3, 0.4) is 0 Å². The lowest BCUT2D eigenvalue weighted by molar-refractivity contribution is -0.142. The maximum atomic E-state index is 14.1. The standard InChI is InChI=1S/C24H30N4O3/c1-15-11-16(2)13-18(12-15)24(6-9-31-10-7-24)23(30)28-8-4-5-20(28)22-26-14-19(21(25)29)17(3)27-22/h11-14,20H,4-10H2,1-3H3,(H2,25,29). The van der Waals surface area contributed by atoms with Crippen LogP contribution in [0.1, 0.15) is 70.3 Å². The minimum absolute atomic E-state index is 0.128. The molecule has 2 amide bonds. The zero-order valence-electron chi connectivity index (χ0n) is 18.5. The molecule has 2 aromatic rings. The van der Waals surface area contributed by atoms with E-state index in [0.29, 0.717) is 49.7 Å². The first-order chi connectivity index (χ1) is 14.8. The first-order valence-corrected chi connectivity index (χ1v) is 10.9. The lowest BCUT2D eigenvalue weighted by Gasteiger charge is -2.41. The van der Waals surface area contributed by atoms with Gasteiger partial charge in [-0.2, -0.15) is 0 Å². The largest absolute Gasteiger partial charge is 0.381 e. The Morgan fingerprint density at radius 3 is 2.42 bits per heavy atom. The van der Waals surface area contributed by atoms with Gasteiger partial charge in [0.25, 0.3) is 5.91 Å². The summed E-state index contributed by atoms with van der Waals surface area (Å²) in [6.45, 7) is 7.71. The average Bonchev–Trinajstić information content (AvgIpc) is 3.22. The molecule has 3 heterocycles. The van der Waals surface area contributed by atoms with E-state index in [1.165, 1.54) is 6.20 Å². The number of hydrogen-bond acceptors (Lipinski definition) is 5. The number of nitrogens with zero attached hydrogens (tertiary/aromatic N) is 3. The number of aryl methyl sites for hydroxylation is 3. The highest BCUT2D eigenvalue weighted by Crippen LogP contribution is 2.41. The van der Waals surface area contributed by atoms with Crippen LogP contribution < -0.4 is 5.73 Å². The summed E-state index contributed by atoms with van der Waals surface area (Å²) in [5.74, 6) is 0.166. The SMILES string of the molecule is Cc1cc(C)cc(C2(C(=O)N3CCCC3c3ncc(C(N)=O)c(C)n3)CCOCC2)c1. The van der Waals surface area contributed by atoms with Crippen molar-refractivity contribution in [2.75, 3.05) is 19.8 Å². The highest BCUT2D eigenvalue weighted by molar-refractivity contribution is 5.93. The van der Waals surface area contributed by atoms with E-state index in [9.17, 15) is 9.59 Å². The van der Waals surface area contributed by atoms with Gasteiger partial charge >= 0.3 is 0 Å². The molecule has 0 saturated carbocycles. The van der Waals surface area contributed by atoms with E-state index in [1.807, 2.05) is 4.90 Å². The van der Waals surface area contributed by atoms with E-state index in [4.69, 9.17) is 10.5 Å². The maximum Gasteiger partial charge on any atom is 0.252 e. The summed E-state index contributed by atoms with van der Waals surface area (Å²) >= 11 is 0. The van der Waals surface area contributed by atoms with Crippen molar-refractivity contribution < 1.29 is 14.3 Å². The number of likely N-dealkylation sites (tertiary alicyclic amines) is 1. The minimum Gasteiger partial charge on any atom is -0.381 e. The summed E-state index contributed by atoms with van der Waals surface area (Å²) in [6, 6.07) is 6.22. The summed E-state index contributed by atoms with van der Waals surface area (Å²) in [6.07, 6.45) is 4.52. The van der Waals surface area contributed by atoms with Crippen molar-refractivity contribution in [2.24, 2.45) is 5.73 Å². The van der Waals surface area contributed by atoms with E-state index in [-0.39, 0.29) is 11.9 Å². The Hall–Kier alpha value is -2.80. The lowest BCUT2D eigenvalue weighted by Crippen LogP contribution is -2.50. The van der Waals surface area contributed by atoms with E-state index in [1.54, 1.807) is 6.92 Å². The predicted octanol–water partition coefficient (Wildman–Crippen LogP) is 2.91. The summed E-state index contributed by atoms with van der Waals surface area (Å²) in [7, 11) is 0. The molecule has 7 heteroatoms. The van der Waals surface area contributed by atoms with Gasteiger partial charge in [0, 0.05) is 26.0 Å². The van der Waals surface area contributed by atoms with Crippen LogP contribution in [-0.2, 0) is 14.9 Å². The van der Waals surface area contributed by atoms with Crippen LogP contribution >= 0.6 is 0 Å². The molecule has 1 atom stereocenters. The number of amides is 2. The third-order valence-corrected chi connectivity index (χ3v) is 6.61. The molecule has 1 aromatic heterocycles. The zero-order chi connectivity index (χ0) is 22.2. The molecule has 0 aliphatic carbocycles. The van der Waals surface area contributed by atoms with Crippen LogP contribution in [0.4, 0.5) is 0 Å². The first kappa shape index (κ1) is 21.4. The Balaban J connectivity index is 1.71. The van der Waals surface area contributed by atoms with Crippen molar-refractivity contribution in [1.29, 1.82) is 0 Å². The number of ether oxygens (including phenoxy) is 1. The van der Waals surface area contributed by atoms with Crippen molar-refractivity contribution in [3.63, 3.8) is 0 Å². The molecule has 31 heavy (non-hydrogen) atoms.